The third-order valence-electron chi connectivity index (χ3n) is 3.27. The van der Waals surface area contributed by atoms with Gasteiger partial charge in [0.2, 0.25) is 0 Å². The summed E-state index contributed by atoms with van der Waals surface area (Å²) in [7, 11) is 2.23. The van der Waals surface area contributed by atoms with Crippen molar-refractivity contribution in [2.75, 3.05) is 20.1 Å². The van der Waals surface area contributed by atoms with Crippen LogP contribution in [0.5, 0.6) is 0 Å². The predicted octanol–water partition coefficient (Wildman–Crippen LogP) is 0.675. The largest absolute Gasteiger partial charge is 0.327 e. The molecule has 2 unspecified atom stereocenters. The van der Waals surface area contributed by atoms with Gasteiger partial charge in [-0.3, -0.25) is 0 Å². The van der Waals surface area contributed by atoms with Gasteiger partial charge in [-0.25, -0.2) is 0 Å². The van der Waals surface area contributed by atoms with Crippen LogP contribution in [0.1, 0.15) is 19.3 Å². The van der Waals surface area contributed by atoms with Crippen LogP contribution in [0, 0.1) is 11.8 Å². The number of rotatable bonds is 0. The summed E-state index contributed by atoms with van der Waals surface area (Å²) in [6, 6.07) is 0.499. The van der Waals surface area contributed by atoms with Crippen molar-refractivity contribution in [3.05, 3.63) is 0 Å². The highest BCUT2D eigenvalue weighted by Crippen LogP contribution is 2.32. The van der Waals surface area contributed by atoms with E-state index in [1.807, 2.05) is 0 Å². The van der Waals surface area contributed by atoms with E-state index in [1.54, 1.807) is 0 Å². The highest BCUT2D eigenvalue weighted by atomic mass is 15.1. The molecule has 0 aromatic heterocycles. The molecule has 1 saturated carbocycles. The molecule has 2 nitrogen and oxygen atoms in total. The Balaban J connectivity index is 2.10. The lowest BCUT2D eigenvalue weighted by molar-refractivity contribution is 0.279. The van der Waals surface area contributed by atoms with Gasteiger partial charge >= 0.3 is 0 Å². The average Bonchev–Trinajstić information content (AvgIpc) is 2.16. The number of fused-ring (bicyclic) bond motifs is 4. The Morgan fingerprint density at radius 2 is 2.09 bits per heavy atom. The van der Waals surface area contributed by atoms with E-state index in [-0.39, 0.29) is 0 Å². The van der Waals surface area contributed by atoms with Crippen LogP contribution in [-0.2, 0) is 0 Å². The van der Waals surface area contributed by atoms with Crippen LogP contribution in [0.3, 0.4) is 0 Å². The van der Waals surface area contributed by atoms with Crippen molar-refractivity contribution in [1.82, 2.24) is 4.90 Å². The summed E-state index contributed by atoms with van der Waals surface area (Å²) < 4.78 is 0. The summed E-state index contributed by atoms with van der Waals surface area (Å²) >= 11 is 0. The normalized spacial score (nSPS) is 45.8. The van der Waals surface area contributed by atoms with Crippen molar-refractivity contribution >= 4 is 0 Å². The van der Waals surface area contributed by atoms with Gasteiger partial charge in [0.25, 0.3) is 0 Å². The third kappa shape index (κ3) is 1.42. The Kier molecular flexibility index (Phi) is 1.90. The van der Waals surface area contributed by atoms with Gasteiger partial charge in [0.05, 0.1) is 0 Å². The summed E-state index contributed by atoms with van der Waals surface area (Å²) in [5.41, 5.74) is 6.06. The first-order valence-corrected chi connectivity index (χ1v) is 4.70. The fraction of sp³-hybridized carbons (Fsp3) is 1.00. The zero-order valence-corrected chi connectivity index (χ0v) is 7.29. The molecule has 0 aromatic carbocycles. The minimum Gasteiger partial charge on any atom is -0.327 e. The van der Waals surface area contributed by atoms with E-state index in [0.717, 1.165) is 11.8 Å². The predicted molar refractivity (Wildman–Crippen MR) is 46.3 cm³/mol. The van der Waals surface area contributed by atoms with E-state index in [1.165, 1.54) is 32.4 Å². The van der Waals surface area contributed by atoms with Crippen LogP contribution in [0.2, 0.25) is 0 Å². The summed E-state index contributed by atoms with van der Waals surface area (Å²) in [6.07, 6.45) is 4.06. The second kappa shape index (κ2) is 2.76. The molecule has 1 aliphatic carbocycles. The van der Waals surface area contributed by atoms with Gasteiger partial charge in [-0.1, -0.05) is 0 Å². The van der Waals surface area contributed by atoms with Gasteiger partial charge in [-0.15, -0.1) is 0 Å². The summed E-state index contributed by atoms with van der Waals surface area (Å²) in [5, 5.41) is 0. The van der Waals surface area contributed by atoms with Crippen LogP contribution in [0.15, 0.2) is 0 Å². The molecule has 2 N–H and O–H groups in total. The van der Waals surface area contributed by atoms with Crippen LogP contribution in [0.4, 0.5) is 0 Å². The average molecular weight is 154 g/mol. The summed E-state index contributed by atoms with van der Waals surface area (Å²) in [6.45, 7) is 2.52. The molecule has 0 radical (unpaired) electrons. The standard InChI is InChI=1S/C9H18N2/c1-11-5-7-2-3-8(6-11)9(10)4-7/h7-9H,2-6,10H2,1H3/t7?,8?,9-/m0/s1. The fourth-order valence-electron chi connectivity index (χ4n) is 2.67. The zero-order chi connectivity index (χ0) is 7.84. The minimum atomic E-state index is 0.499. The van der Waals surface area contributed by atoms with Crippen molar-refractivity contribution in [1.29, 1.82) is 0 Å². The molecule has 0 spiro atoms. The van der Waals surface area contributed by atoms with Gasteiger partial charge in [0, 0.05) is 19.1 Å². The number of hydrogen-bond acceptors (Lipinski definition) is 2. The van der Waals surface area contributed by atoms with E-state index in [0.29, 0.717) is 6.04 Å². The lowest BCUT2D eigenvalue weighted by Gasteiger charge is -2.28. The molecule has 11 heavy (non-hydrogen) atoms. The molecular weight excluding hydrogens is 136 g/mol. The molecule has 2 saturated heterocycles. The molecule has 0 aromatic rings. The Hall–Kier alpha value is -0.0800. The molecule has 2 aliphatic heterocycles. The van der Waals surface area contributed by atoms with Crippen molar-refractivity contribution in [3.8, 4) is 0 Å². The first-order valence-electron chi connectivity index (χ1n) is 4.70. The SMILES string of the molecule is CN1CC2CCC(C1)[C@@H](N)C2. The van der Waals surface area contributed by atoms with E-state index < -0.39 is 0 Å². The Labute approximate surface area is 68.7 Å². The Bertz CT molecular complexity index is 144. The number of hydrogen-bond donors (Lipinski definition) is 1. The maximum Gasteiger partial charge on any atom is 0.00824 e. The minimum absolute atomic E-state index is 0.499. The molecule has 3 rings (SSSR count). The first-order chi connectivity index (χ1) is 5.25. The lowest BCUT2D eigenvalue weighted by atomic mass is 9.81. The first kappa shape index (κ1) is 7.56. The van der Waals surface area contributed by atoms with E-state index >= 15 is 0 Å². The Morgan fingerprint density at radius 3 is 2.82 bits per heavy atom. The second-order valence-electron chi connectivity index (χ2n) is 4.32. The highest BCUT2D eigenvalue weighted by Gasteiger charge is 2.32. The van der Waals surface area contributed by atoms with Crippen LogP contribution >= 0.6 is 0 Å². The third-order valence-corrected chi connectivity index (χ3v) is 3.27. The second-order valence-corrected chi connectivity index (χ2v) is 4.32. The number of nitrogens with zero attached hydrogens (tertiary/aromatic N) is 1. The van der Waals surface area contributed by atoms with Gasteiger partial charge in [-0.2, -0.15) is 0 Å². The van der Waals surface area contributed by atoms with Gasteiger partial charge in [0.1, 0.15) is 0 Å². The van der Waals surface area contributed by atoms with Gasteiger partial charge < -0.3 is 10.6 Å². The van der Waals surface area contributed by atoms with Crippen molar-refractivity contribution < 1.29 is 0 Å². The Morgan fingerprint density at radius 1 is 1.27 bits per heavy atom. The molecule has 2 heteroatoms. The molecular formula is C9H18N2. The van der Waals surface area contributed by atoms with E-state index in [2.05, 4.69) is 11.9 Å². The molecule has 3 aliphatic rings. The van der Waals surface area contributed by atoms with Crippen LogP contribution in [0.25, 0.3) is 0 Å². The monoisotopic (exact) mass is 154 g/mol. The highest BCUT2D eigenvalue weighted by molar-refractivity contribution is 4.88. The molecule has 2 bridgehead atoms. The number of nitrogens with two attached hydrogens (primary N) is 1. The van der Waals surface area contributed by atoms with Gasteiger partial charge in [0.15, 0.2) is 0 Å². The smallest absolute Gasteiger partial charge is 0.00824 e. The van der Waals surface area contributed by atoms with E-state index in [9.17, 15) is 0 Å². The van der Waals surface area contributed by atoms with Crippen molar-refractivity contribution in [2.45, 2.75) is 25.3 Å². The molecule has 3 fully saturated rings. The van der Waals surface area contributed by atoms with Crippen LogP contribution in [-0.4, -0.2) is 31.1 Å². The lowest BCUT2D eigenvalue weighted by Crippen LogP contribution is -2.36. The summed E-state index contributed by atoms with van der Waals surface area (Å²) in [4.78, 5) is 2.45. The molecule has 64 valence electrons. The van der Waals surface area contributed by atoms with Gasteiger partial charge in [-0.05, 0) is 38.1 Å². The molecule has 2 heterocycles. The zero-order valence-electron chi connectivity index (χ0n) is 7.29. The summed E-state index contributed by atoms with van der Waals surface area (Å²) in [5.74, 6) is 1.69. The fourth-order valence-corrected chi connectivity index (χ4v) is 2.67. The van der Waals surface area contributed by atoms with Crippen molar-refractivity contribution in [2.24, 2.45) is 17.6 Å². The maximum atomic E-state index is 6.06. The topological polar surface area (TPSA) is 29.3 Å². The quantitative estimate of drug-likeness (QED) is 0.556. The molecule has 3 atom stereocenters. The van der Waals surface area contributed by atoms with E-state index in [4.69, 9.17) is 5.73 Å². The van der Waals surface area contributed by atoms with Crippen molar-refractivity contribution in [3.63, 3.8) is 0 Å². The molecule has 0 amide bonds. The maximum absolute atomic E-state index is 6.06. The van der Waals surface area contributed by atoms with Crippen LogP contribution < -0.4 is 5.73 Å².